The largest absolute Gasteiger partial charge is 0.508 e. The summed E-state index contributed by atoms with van der Waals surface area (Å²) in [6.45, 7) is 0. The third-order valence-electron chi connectivity index (χ3n) is 2.09. The number of nitrogens with one attached hydrogen (secondary N) is 1. The summed E-state index contributed by atoms with van der Waals surface area (Å²) in [5, 5.41) is 9.21. The number of hydrogen-bond acceptors (Lipinski definition) is 3. The fourth-order valence-electron chi connectivity index (χ4n) is 1.34. The van der Waals surface area contributed by atoms with Gasteiger partial charge in [0.15, 0.2) is 0 Å². The van der Waals surface area contributed by atoms with Crippen LogP contribution in [0.3, 0.4) is 0 Å². The molecule has 0 aliphatic carbocycles. The quantitative estimate of drug-likeness (QED) is 0.574. The van der Waals surface area contributed by atoms with Crippen LogP contribution in [0.15, 0.2) is 27.8 Å². The predicted molar refractivity (Wildman–Crippen MR) is 51.5 cm³/mol. The molecule has 5 nitrogen and oxygen atoms in total. The van der Waals surface area contributed by atoms with Crippen LogP contribution in [0, 0.1) is 0 Å². The SMILES string of the molecule is Cn1c(=O)c(=O)[nH]c2ccc(O)cc21. The molecule has 1 heterocycles. The Hall–Kier alpha value is -2.04. The van der Waals surface area contributed by atoms with Gasteiger partial charge in [-0.25, -0.2) is 0 Å². The molecule has 14 heavy (non-hydrogen) atoms. The standard InChI is InChI=1S/C9H8N2O3/c1-11-7-4-5(12)2-3-6(7)10-8(13)9(11)14/h2-4,12H,1H3,(H,10,13). The highest BCUT2D eigenvalue weighted by atomic mass is 16.3. The number of aromatic amines is 1. The Kier molecular flexibility index (Phi) is 1.67. The molecular weight excluding hydrogens is 184 g/mol. The number of nitrogens with zero attached hydrogens (tertiary/aromatic N) is 1. The zero-order valence-corrected chi connectivity index (χ0v) is 7.44. The summed E-state index contributed by atoms with van der Waals surface area (Å²) in [4.78, 5) is 24.7. The Balaban J connectivity index is 3.07. The fraction of sp³-hybridized carbons (Fsp3) is 0.111. The lowest BCUT2D eigenvalue weighted by molar-refractivity contribution is 0.475. The molecule has 0 aliphatic heterocycles. The number of aromatic nitrogens is 2. The second-order valence-electron chi connectivity index (χ2n) is 3.02. The summed E-state index contributed by atoms with van der Waals surface area (Å²) < 4.78 is 1.20. The maximum Gasteiger partial charge on any atom is 0.316 e. The second-order valence-corrected chi connectivity index (χ2v) is 3.02. The highest BCUT2D eigenvalue weighted by molar-refractivity contribution is 5.75. The van der Waals surface area contributed by atoms with Gasteiger partial charge < -0.3 is 14.7 Å². The lowest BCUT2D eigenvalue weighted by atomic mass is 10.3. The van der Waals surface area contributed by atoms with E-state index in [1.807, 2.05) is 0 Å². The summed E-state index contributed by atoms with van der Waals surface area (Å²) in [5.41, 5.74) is -0.279. The van der Waals surface area contributed by atoms with Gasteiger partial charge in [-0.3, -0.25) is 9.59 Å². The topological polar surface area (TPSA) is 75.1 Å². The minimum Gasteiger partial charge on any atom is -0.508 e. The van der Waals surface area contributed by atoms with Crippen LogP contribution in [-0.2, 0) is 7.05 Å². The Morgan fingerprint density at radius 3 is 2.79 bits per heavy atom. The first-order valence-electron chi connectivity index (χ1n) is 4.01. The third-order valence-corrected chi connectivity index (χ3v) is 2.09. The number of rotatable bonds is 0. The van der Waals surface area contributed by atoms with Gasteiger partial charge in [-0.15, -0.1) is 0 Å². The van der Waals surface area contributed by atoms with Crippen molar-refractivity contribution in [3.8, 4) is 5.75 Å². The van der Waals surface area contributed by atoms with Crippen molar-refractivity contribution >= 4 is 11.0 Å². The van der Waals surface area contributed by atoms with E-state index in [0.717, 1.165) is 0 Å². The Labute approximate surface area is 78.2 Å². The number of phenolic OH excluding ortho intramolecular Hbond substituents is 1. The third kappa shape index (κ3) is 1.10. The van der Waals surface area contributed by atoms with Gasteiger partial charge in [0.2, 0.25) is 0 Å². The van der Waals surface area contributed by atoms with E-state index in [0.29, 0.717) is 11.0 Å². The van der Waals surface area contributed by atoms with Gasteiger partial charge >= 0.3 is 11.1 Å². The van der Waals surface area contributed by atoms with Crippen LogP contribution >= 0.6 is 0 Å². The molecule has 2 aromatic rings. The summed E-state index contributed by atoms with van der Waals surface area (Å²) in [5.74, 6) is 0.0551. The Bertz CT molecular complexity index is 609. The molecule has 0 atom stereocenters. The van der Waals surface area contributed by atoms with Gasteiger partial charge in [0.05, 0.1) is 11.0 Å². The molecule has 2 N–H and O–H groups in total. The molecule has 0 saturated carbocycles. The molecular formula is C9H8N2O3. The fourth-order valence-corrected chi connectivity index (χ4v) is 1.34. The average molecular weight is 192 g/mol. The van der Waals surface area contributed by atoms with Gasteiger partial charge in [0.25, 0.3) is 0 Å². The van der Waals surface area contributed by atoms with Crippen LogP contribution < -0.4 is 11.1 Å². The number of hydrogen-bond donors (Lipinski definition) is 2. The molecule has 0 aliphatic rings. The van der Waals surface area contributed by atoms with E-state index in [9.17, 15) is 14.7 Å². The molecule has 2 rings (SSSR count). The summed E-state index contributed by atoms with van der Waals surface area (Å²) in [6, 6.07) is 4.42. The van der Waals surface area contributed by atoms with Crippen molar-refractivity contribution in [2.75, 3.05) is 0 Å². The van der Waals surface area contributed by atoms with E-state index in [2.05, 4.69) is 4.98 Å². The molecule has 1 aromatic heterocycles. The normalized spacial score (nSPS) is 10.6. The van der Waals surface area contributed by atoms with Crippen molar-refractivity contribution in [1.82, 2.24) is 9.55 Å². The number of phenols is 1. The van der Waals surface area contributed by atoms with E-state index in [-0.39, 0.29) is 5.75 Å². The Morgan fingerprint density at radius 2 is 2.07 bits per heavy atom. The van der Waals surface area contributed by atoms with Gasteiger partial charge in [0, 0.05) is 13.1 Å². The lowest BCUT2D eigenvalue weighted by Gasteiger charge is -2.03. The number of H-pyrrole nitrogens is 1. The van der Waals surface area contributed by atoms with Gasteiger partial charge in [-0.2, -0.15) is 0 Å². The molecule has 0 fully saturated rings. The van der Waals surface area contributed by atoms with E-state index in [1.54, 1.807) is 6.07 Å². The average Bonchev–Trinajstić information content (AvgIpc) is 2.16. The second kappa shape index (κ2) is 2.73. The van der Waals surface area contributed by atoms with Crippen LogP contribution in [-0.4, -0.2) is 14.7 Å². The zero-order chi connectivity index (χ0) is 10.3. The minimum atomic E-state index is -0.661. The molecule has 0 saturated heterocycles. The lowest BCUT2D eigenvalue weighted by Crippen LogP contribution is -2.34. The number of fused-ring (bicyclic) bond motifs is 1. The minimum absolute atomic E-state index is 0.0551. The highest BCUT2D eigenvalue weighted by Crippen LogP contribution is 2.14. The van der Waals surface area contributed by atoms with Crippen LogP contribution in [0.25, 0.3) is 11.0 Å². The number of benzene rings is 1. The van der Waals surface area contributed by atoms with E-state index in [4.69, 9.17) is 0 Å². The van der Waals surface area contributed by atoms with Crippen LogP contribution in [0.4, 0.5) is 0 Å². The molecule has 1 aromatic carbocycles. The first kappa shape index (κ1) is 8.55. The van der Waals surface area contributed by atoms with E-state index < -0.39 is 11.1 Å². The maximum atomic E-state index is 11.2. The highest BCUT2D eigenvalue weighted by Gasteiger charge is 2.03. The molecule has 0 amide bonds. The van der Waals surface area contributed by atoms with Gasteiger partial charge in [-0.1, -0.05) is 0 Å². The molecule has 5 heteroatoms. The van der Waals surface area contributed by atoms with Crippen LogP contribution in [0.2, 0.25) is 0 Å². The van der Waals surface area contributed by atoms with Gasteiger partial charge in [0.1, 0.15) is 5.75 Å². The van der Waals surface area contributed by atoms with Crippen molar-refractivity contribution in [3.05, 3.63) is 38.9 Å². The molecule has 0 radical (unpaired) electrons. The monoisotopic (exact) mass is 192 g/mol. The summed E-state index contributed by atoms with van der Waals surface area (Å²) in [6.07, 6.45) is 0. The van der Waals surface area contributed by atoms with Crippen LogP contribution in [0.5, 0.6) is 5.75 Å². The van der Waals surface area contributed by atoms with Gasteiger partial charge in [-0.05, 0) is 12.1 Å². The Morgan fingerprint density at radius 1 is 1.36 bits per heavy atom. The number of aromatic hydroxyl groups is 1. The van der Waals surface area contributed by atoms with Crippen molar-refractivity contribution < 1.29 is 5.11 Å². The maximum absolute atomic E-state index is 11.2. The summed E-state index contributed by atoms with van der Waals surface area (Å²) in [7, 11) is 1.49. The van der Waals surface area contributed by atoms with Crippen LogP contribution in [0.1, 0.15) is 0 Å². The van der Waals surface area contributed by atoms with E-state index >= 15 is 0 Å². The molecule has 0 spiro atoms. The van der Waals surface area contributed by atoms with Crippen molar-refractivity contribution in [2.45, 2.75) is 0 Å². The van der Waals surface area contributed by atoms with Crippen molar-refractivity contribution in [2.24, 2.45) is 7.05 Å². The first-order valence-corrected chi connectivity index (χ1v) is 4.01. The van der Waals surface area contributed by atoms with Crippen molar-refractivity contribution in [3.63, 3.8) is 0 Å². The number of aryl methyl sites for hydroxylation is 1. The molecule has 72 valence electrons. The predicted octanol–water partition coefficient (Wildman–Crippen LogP) is -0.0676. The zero-order valence-electron chi connectivity index (χ0n) is 7.44. The first-order chi connectivity index (χ1) is 6.59. The summed E-state index contributed by atoms with van der Waals surface area (Å²) >= 11 is 0. The van der Waals surface area contributed by atoms with Crippen molar-refractivity contribution in [1.29, 1.82) is 0 Å². The van der Waals surface area contributed by atoms with E-state index in [1.165, 1.54) is 23.7 Å². The molecule has 0 bridgehead atoms. The smallest absolute Gasteiger partial charge is 0.316 e. The molecule has 0 unspecified atom stereocenters.